The molecule has 1 aromatic carbocycles. The number of aryl methyl sites for hydroxylation is 2. The van der Waals surface area contributed by atoms with Crippen LogP contribution in [0.25, 0.3) is 21.6 Å². The molecular weight excluding hydrogens is 285 g/mol. The van der Waals surface area contributed by atoms with Gasteiger partial charge < -0.3 is 0 Å². The molecule has 96 valence electrons. The van der Waals surface area contributed by atoms with E-state index in [0.29, 0.717) is 16.7 Å². The highest BCUT2D eigenvalue weighted by Gasteiger charge is 2.13. The van der Waals surface area contributed by atoms with Crippen LogP contribution in [-0.4, -0.2) is 15.0 Å². The van der Waals surface area contributed by atoms with Crippen molar-refractivity contribution < 1.29 is 4.39 Å². The zero-order chi connectivity index (χ0) is 13.6. The van der Waals surface area contributed by atoms with Crippen molar-refractivity contribution in [2.75, 3.05) is 0 Å². The first-order chi connectivity index (χ1) is 9.04. The Morgan fingerprint density at radius 1 is 1.16 bits per heavy atom. The first-order valence-corrected chi connectivity index (χ1v) is 6.81. The van der Waals surface area contributed by atoms with Crippen molar-refractivity contribution in [3.05, 3.63) is 39.9 Å². The molecular formula is C13H9ClFN3S. The highest BCUT2D eigenvalue weighted by molar-refractivity contribution is 7.15. The molecule has 3 rings (SSSR count). The smallest absolute Gasteiger partial charge is 0.173 e. The molecule has 0 saturated carbocycles. The van der Waals surface area contributed by atoms with Gasteiger partial charge >= 0.3 is 0 Å². The summed E-state index contributed by atoms with van der Waals surface area (Å²) in [6.45, 7) is 3.84. The SMILES string of the molecule is Cc1nc(C)c(-c2nc(Cl)c3cc(F)ccc3n2)s1. The second-order valence-corrected chi connectivity index (χ2v) is 5.71. The van der Waals surface area contributed by atoms with Crippen molar-refractivity contribution in [1.29, 1.82) is 0 Å². The van der Waals surface area contributed by atoms with Crippen LogP contribution in [0.3, 0.4) is 0 Å². The van der Waals surface area contributed by atoms with E-state index in [1.54, 1.807) is 6.07 Å². The summed E-state index contributed by atoms with van der Waals surface area (Å²) >= 11 is 7.63. The number of nitrogens with zero attached hydrogens (tertiary/aromatic N) is 3. The highest BCUT2D eigenvalue weighted by Crippen LogP contribution is 2.30. The Balaban J connectivity index is 2.26. The Kier molecular flexibility index (Phi) is 2.95. The van der Waals surface area contributed by atoms with E-state index in [0.717, 1.165) is 15.6 Å². The molecule has 3 nitrogen and oxygen atoms in total. The number of benzene rings is 1. The van der Waals surface area contributed by atoms with Crippen molar-refractivity contribution >= 4 is 33.8 Å². The maximum Gasteiger partial charge on any atom is 0.173 e. The number of hydrogen-bond donors (Lipinski definition) is 0. The van der Waals surface area contributed by atoms with Crippen molar-refractivity contribution in [2.24, 2.45) is 0 Å². The van der Waals surface area contributed by atoms with E-state index < -0.39 is 0 Å². The Bertz CT molecular complexity index is 785. The van der Waals surface area contributed by atoms with E-state index in [4.69, 9.17) is 11.6 Å². The lowest BCUT2D eigenvalue weighted by Gasteiger charge is -2.03. The molecule has 0 spiro atoms. The van der Waals surface area contributed by atoms with Crippen LogP contribution in [0.5, 0.6) is 0 Å². The molecule has 0 bridgehead atoms. The summed E-state index contributed by atoms with van der Waals surface area (Å²) in [5, 5.41) is 1.72. The third-order valence-corrected chi connectivity index (χ3v) is 4.07. The van der Waals surface area contributed by atoms with E-state index in [-0.39, 0.29) is 11.0 Å². The maximum atomic E-state index is 13.2. The average Bonchev–Trinajstić information content (AvgIpc) is 2.69. The molecule has 0 unspecified atom stereocenters. The summed E-state index contributed by atoms with van der Waals surface area (Å²) in [4.78, 5) is 13.9. The molecule has 0 saturated heterocycles. The third kappa shape index (κ3) is 2.19. The predicted octanol–water partition coefficient (Wildman–Crippen LogP) is 4.16. The van der Waals surface area contributed by atoms with Crippen LogP contribution in [0.4, 0.5) is 4.39 Å². The molecule has 3 aromatic rings. The standard InChI is InChI=1S/C13H9ClFN3S/c1-6-11(19-7(2)16-6)13-17-10-4-3-8(15)5-9(10)12(14)18-13/h3-5H,1-2H3. The summed E-state index contributed by atoms with van der Waals surface area (Å²) in [7, 11) is 0. The van der Waals surface area contributed by atoms with Gasteiger partial charge in [0.15, 0.2) is 5.82 Å². The van der Waals surface area contributed by atoms with Crippen LogP contribution in [0, 0.1) is 19.7 Å². The van der Waals surface area contributed by atoms with Gasteiger partial charge in [0.2, 0.25) is 0 Å². The number of aromatic nitrogens is 3. The fourth-order valence-corrected chi connectivity index (χ4v) is 2.99. The van der Waals surface area contributed by atoms with Gasteiger partial charge in [-0.3, -0.25) is 0 Å². The summed E-state index contributed by atoms with van der Waals surface area (Å²) < 4.78 is 13.2. The molecule has 2 aromatic heterocycles. The van der Waals surface area contributed by atoms with E-state index in [1.807, 2.05) is 13.8 Å². The van der Waals surface area contributed by atoms with Crippen LogP contribution < -0.4 is 0 Å². The predicted molar refractivity (Wildman–Crippen MR) is 75.1 cm³/mol. The lowest BCUT2D eigenvalue weighted by Crippen LogP contribution is -1.92. The Hall–Kier alpha value is -1.59. The lowest BCUT2D eigenvalue weighted by molar-refractivity contribution is 0.629. The van der Waals surface area contributed by atoms with Crippen molar-refractivity contribution in [2.45, 2.75) is 13.8 Å². The third-order valence-electron chi connectivity index (χ3n) is 2.72. The van der Waals surface area contributed by atoms with Gasteiger partial charge in [-0.2, -0.15) is 0 Å². The van der Waals surface area contributed by atoms with Gasteiger partial charge in [0.25, 0.3) is 0 Å². The van der Waals surface area contributed by atoms with E-state index in [9.17, 15) is 4.39 Å². The van der Waals surface area contributed by atoms with Gasteiger partial charge in [0.1, 0.15) is 11.0 Å². The number of thiazole rings is 1. The number of hydrogen-bond acceptors (Lipinski definition) is 4. The first-order valence-electron chi connectivity index (χ1n) is 5.62. The van der Waals surface area contributed by atoms with Gasteiger partial charge in [-0.1, -0.05) is 11.6 Å². The van der Waals surface area contributed by atoms with Crippen molar-refractivity contribution in [1.82, 2.24) is 15.0 Å². The zero-order valence-corrected chi connectivity index (χ0v) is 11.8. The molecule has 19 heavy (non-hydrogen) atoms. The number of halogens is 2. The fourth-order valence-electron chi connectivity index (χ4n) is 1.90. The molecule has 0 N–H and O–H groups in total. The second-order valence-electron chi connectivity index (χ2n) is 4.15. The fraction of sp³-hybridized carbons (Fsp3) is 0.154. The quantitative estimate of drug-likeness (QED) is 0.632. The van der Waals surface area contributed by atoms with Gasteiger partial charge in [-0.25, -0.2) is 19.3 Å². The summed E-state index contributed by atoms with van der Waals surface area (Å²) in [6.07, 6.45) is 0. The first kappa shape index (κ1) is 12.4. The maximum absolute atomic E-state index is 13.2. The Morgan fingerprint density at radius 2 is 1.95 bits per heavy atom. The van der Waals surface area contributed by atoms with Gasteiger partial charge in [-0.15, -0.1) is 11.3 Å². The minimum absolute atomic E-state index is 0.255. The van der Waals surface area contributed by atoms with Crippen molar-refractivity contribution in [3.63, 3.8) is 0 Å². The molecule has 6 heteroatoms. The lowest BCUT2D eigenvalue weighted by atomic mass is 10.2. The molecule has 0 atom stereocenters. The van der Waals surface area contributed by atoms with Crippen LogP contribution in [0.1, 0.15) is 10.7 Å². The van der Waals surface area contributed by atoms with Gasteiger partial charge in [0, 0.05) is 5.39 Å². The molecule has 2 heterocycles. The van der Waals surface area contributed by atoms with E-state index in [1.165, 1.54) is 23.5 Å². The molecule has 0 aliphatic heterocycles. The highest BCUT2D eigenvalue weighted by atomic mass is 35.5. The van der Waals surface area contributed by atoms with Crippen LogP contribution >= 0.6 is 22.9 Å². The zero-order valence-electron chi connectivity index (χ0n) is 10.2. The largest absolute Gasteiger partial charge is 0.246 e. The van der Waals surface area contributed by atoms with E-state index >= 15 is 0 Å². The normalized spacial score (nSPS) is 11.2. The summed E-state index contributed by atoms with van der Waals surface area (Å²) in [6, 6.07) is 4.30. The number of fused-ring (bicyclic) bond motifs is 1. The Morgan fingerprint density at radius 3 is 2.63 bits per heavy atom. The van der Waals surface area contributed by atoms with Crippen LogP contribution in [0.2, 0.25) is 5.15 Å². The molecule has 0 radical (unpaired) electrons. The van der Waals surface area contributed by atoms with Crippen LogP contribution in [-0.2, 0) is 0 Å². The topological polar surface area (TPSA) is 38.7 Å². The molecule has 0 aliphatic rings. The van der Waals surface area contributed by atoms with Gasteiger partial charge in [0.05, 0.1) is 21.1 Å². The van der Waals surface area contributed by atoms with Crippen molar-refractivity contribution in [3.8, 4) is 10.7 Å². The average molecular weight is 294 g/mol. The minimum Gasteiger partial charge on any atom is -0.246 e. The minimum atomic E-state index is -0.351. The molecule has 0 amide bonds. The van der Waals surface area contributed by atoms with Crippen LogP contribution in [0.15, 0.2) is 18.2 Å². The number of rotatable bonds is 1. The van der Waals surface area contributed by atoms with Gasteiger partial charge in [-0.05, 0) is 32.0 Å². The summed E-state index contributed by atoms with van der Waals surface area (Å²) in [5.41, 5.74) is 1.50. The summed E-state index contributed by atoms with van der Waals surface area (Å²) in [5.74, 6) is 0.183. The Labute approximate surface area is 118 Å². The second kappa shape index (κ2) is 4.51. The van der Waals surface area contributed by atoms with E-state index in [2.05, 4.69) is 15.0 Å². The molecule has 0 fully saturated rings. The molecule has 0 aliphatic carbocycles. The monoisotopic (exact) mass is 293 g/mol.